The van der Waals surface area contributed by atoms with Crippen LogP contribution in [0.5, 0.6) is 0 Å². The maximum atomic E-state index is 12.8. The SMILES string of the molecule is CCN(C(=O)c1ccc(I)c(Cl)c1)C1CCCCC1CN. The minimum Gasteiger partial charge on any atom is -0.336 e. The molecule has 1 aliphatic rings. The first-order valence-electron chi connectivity index (χ1n) is 7.54. The Morgan fingerprint density at radius 3 is 2.76 bits per heavy atom. The highest BCUT2D eigenvalue weighted by Gasteiger charge is 2.31. The molecule has 0 aliphatic heterocycles. The van der Waals surface area contributed by atoms with E-state index in [1.807, 2.05) is 24.0 Å². The second-order valence-electron chi connectivity index (χ2n) is 5.57. The van der Waals surface area contributed by atoms with Gasteiger partial charge in [-0.15, -0.1) is 0 Å². The molecule has 0 bridgehead atoms. The van der Waals surface area contributed by atoms with Gasteiger partial charge in [0.15, 0.2) is 0 Å². The van der Waals surface area contributed by atoms with Gasteiger partial charge < -0.3 is 10.6 Å². The third kappa shape index (κ3) is 3.90. The zero-order valence-electron chi connectivity index (χ0n) is 12.3. The summed E-state index contributed by atoms with van der Waals surface area (Å²) in [5.74, 6) is 0.489. The van der Waals surface area contributed by atoms with Gasteiger partial charge in [0.05, 0.1) is 5.02 Å². The summed E-state index contributed by atoms with van der Waals surface area (Å²) in [7, 11) is 0. The number of amides is 1. The summed E-state index contributed by atoms with van der Waals surface area (Å²) in [6.07, 6.45) is 4.58. The number of benzene rings is 1. The van der Waals surface area contributed by atoms with Crippen molar-refractivity contribution in [3.05, 3.63) is 32.4 Å². The number of nitrogens with two attached hydrogens (primary N) is 1. The van der Waals surface area contributed by atoms with E-state index in [9.17, 15) is 4.79 Å². The van der Waals surface area contributed by atoms with Gasteiger partial charge >= 0.3 is 0 Å². The maximum Gasteiger partial charge on any atom is 0.254 e. The smallest absolute Gasteiger partial charge is 0.254 e. The minimum atomic E-state index is 0.0705. The summed E-state index contributed by atoms with van der Waals surface area (Å²) in [5.41, 5.74) is 6.58. The van der Waals surface area contributed by atoms with E-state index < -0.39 is 0 Å². The second kappa shape index (κ2) is 7.79. The molecule has 0 aromatic heterocycles. The molecule has 2 rings (SSSR count). The Morgan fingerprint density at radius 2 is 2.14 bits per heavy atom. The van der Waals surface area contributed by atoms with Crippen molar-refractivity contribution in [3.63, 3.8) is 0 Å². The number of carbonyl (C=O) groups is 1. The fraction of sp³-hybridized carbons (Fsp3) is 0.562. The third-order valence-electron chi connectivity index (χ3n) is 4.34. The molecule has 0 spiro atoms. The van der Waals surface area contributed by atoms with Crippen molar-refractivity contribution < 1.29 is 4.79 Å². The number of halogens is 2. The second-order valence-corrected chi connectivity index (χ2v) is 7.14. The molecule has 2 N–H and O–H groups in total. The molecule has 1 amide bonds. The van der Waals surface area contributed by atoms with Crippen LogP contribution in [-0.4, -0.2) is 29.9 Å². The fourth-order valence-electron chi connectivity index (χ4n) is 3.20. The van der Waals surface area contributed by atoms with Crippen molar-refractivity contribution in [2.45, 2.75) is 38.6 Å². The van der Waals surface area contributed by atoms with Crippen LogP contribution in [0.3, 0.4) is 0 Å². The number of hydrogen-bond donors (Lipinski definition) is 1. The highest BCUT2D eigenvalue weighted by atomic mass is 127. The number of carbonyl (C=O) groups excluding carboxylic acids is 1. The molecule has 21 heavy (non-hydrogen) atoms. The summed E-state index contributed by atoms with van der Waals surface area (Å²) in [6, 6.07) is 5.79. The number of hydrogen-bond acceptors (Lipinski definition) is 2. The predicted octanol–water partition coefficient (Wildman–Crippen LogP) is 3.92. The quantitative estimate of drug-likeness (QED) is 0.750. The highest BCUT2D eigenvalue weighted by molar-refractivity contribution is 14.1. The molecule has 1 fully saturated rings. The Morgan fingerprint density at radius 1 is 1.43 bits per heavy atom. The highest BCUT2D eigenvalue weighted by Crippen LogP contribution is 2.29. The molecule has 5 heteroatoms. The van der Waals surface area contributed by atoms with Gasteiger partial charge in [0.25, 0.3) is 5.91 Å². The molecular formula is C16H22ClIN2O. The van der Waals surface area contributed by atoms with Crippen LogP contribution in [0.1, 0.15) is 43.0 Å². The maximum absolute atomic E-state index is 12.8. The van der Waals surface area contributed by atoms with Gasteiger partial charge in [-0.05, 0) is 73.0 Å². The predicted molar refractivity (Wildman–Crippen MR) is 95.7 cm³/mol. The summed E-state index contributed by atoms with van der Waals surface area (Å²) in [6.45, 7) is 3.40. The molecule has 1 saturated carbocycles. The Labute approximate surface area is 145 Å². The van der Waals surface area contributed by atoms with Gasteiger partial charge in [-0.1, -0.05) is 24.4 Å². The Bertz CT molecular complexity index is 509. The van der Waals surface area contributed by atoms with Crippen molar-refractivity contribution in [1.82, 2.24) is 4.90 Å². The van der Waals surface area contributed by atoms with E-state index in [2.05, 4.69) is 22.6 Å². The first-order valence-corrected chi connectivity index (χ1v) is 9.00. The first-order chi connectivity index (χ1) is 10.1. The van der Waals surface area contributed by atoms with Gasteiger partial charge in [0.2, 0.25) is 0 Å². The lowest BCUT2D eigenvalue weighted by Crippen LogP contribution is -2.48. The van der Waals surface area contributed by atoms with Crippen molar-refractivity contribution in [2.75, 3.05) is 13.1 Å². The van der Waals surface area contributed by atoms with E-state index in [1.54, 1.807) is 6.07 Å². The molecule has 1 aromatic rings. The van der Waals surface area contributed by atoms with Crippen molar-refractivity contribution in [3.8, 4) is 0 Å². The van der Waals surface area contributed by atoms with Crippen LogP contribution in [0.25, 0.3) is 0 Å². The molecule has 1 aliphatic carbocycles. The topological polar surface area (TPSA) is 46.3 Å². The molecule has 2 unspecified atom stereocenters. The van der Waals surface area contributed by atoms with Crippen molar-refractivity contribution in [1.29, 1.82) is 0 Å². The molecule has 1 aromatic carbocycles. The Balaban J connectivity index is 2.22. The molecule has 2 atom stereocenters. The van der Waals surface area contributed by atoms with Crippen molar-refractivity contribution >= 4 is 40.1 Å². The Kier molecular flexibility index (Phi) is 6.32. The Hall–Kier alpha value is -0.330. The zero-order valence-corrected chi connectivity index (χ0v) is 15.2. The molecular weight excluding hydrogens is 399 g/mol. The average molecular weight is 421 g/mol. The lowest BCUT2D eigenvalue weighted by molar-refractivity contribution is 0.0560. The minimum absolute atomic E-state index is 0.0705. The van der Waals surface area contributed by atoms with Crippen LogP contribution in [0, 0.1) is 9.49 Å². The molecule has 0 saturated heterocycles. The van der Waals surface area contributed by atoms with Gasteiger partial charge in [-0.2, -0.15) is 0 Å². The van der Waals surface area contributed by atoms with E-state index in [4.69, 9.17) is 17.3 Å². The average Bonchev–Trinajstić information content (AvgIpc) is 2.51. The van der Waals surface area contributed by atoms with Gasteiger partial charge in [-0.3, -0.25) is 4.79 Å². The lowest BCUT2D eigenvalue weighted by atomic mass is 9.83. The summed E-state index contributed by atoms with van der Waals surface area (Å²) in [4.78, 5) is 14.8. The standard InChI is InChI=1S/C16H22ClIN2O/c1-2-20(15-6-4-3-5-12(15)10-19)16(21)11-7-8-14(18)13(17)9-11/h7-9,12,15H,2-6,10,19H2,1H3. The van der Waals surface area contributed by atoms with Crippen LogP contribution in [0.2, 0.25) is 5.02 Å². The van der Waals surface area contributed by atoms with E-state index in [0.717, 1.165) is 16.4 Å². The zero-order chi connectivity index (χ0) is 15.4. The first kappa shape index (κ1) is 17.0. The van der Waals surface area contributed by atoms with Crippen LogP contribution < -0.4 is 5.73 Å². The largest absolute Gasteiger partial charge is 0.336 e. The number of rotatable bonds is 4. The normalized spacial score (nSPS) is 22.1. The molecule has 0 radical (unpaired) electrons. The molecule has 116 valence electrons. The van der Waals surface area contributed by atoms with Gasteiger partial charge in [0.1, 0.15) is 0 Å². The van der Waals surface area contributed by atoms with Crippen LogP contribution in [-0.2, 0) is 0 Å². The van der Waals surface area contributed by atoms with E-state index >= 15 is 0 Å². The molecule has 3 nitrogen and oxygen atoms in total. The summed E-state index contributed by atoms with van der Waals surface area (Å²) >= 11 is 8.32. The van der Waals surface area contributed by atoms with E-state index in [0.29, 0.717) is 29.6 Å². The number of nitrogens with zero attached hydrogens (tertiary/aromatic N) is 1. The van der Waals surface area contributed by atoms with Gasteiger partial charge in [0, 0.05) is 21.7 Å². The van der Waals surface area contributed by atoms with E-state index in [-0.39, 0.29) is 11.9 Å². The van der Waals surface area contributed by atoms with E-state index in [1.165, 1.54) is 12.8 Å². The summed E-state index contributed by atoms with van der Waals surface area (Å²) < 4.78 is 0.964. The molecule has 0 heterocycles. The fourth-order valence-corrected chi connectivity index (χ4v) is 3.71. The lowest BCUT2D eigenvalue weighted by Gasteiger charge is -2.39. The third-order valence-corrected chi connectivity index (χ3v) is 5.91. The monoisotopic (exact) mass is 420 g/mol. The van der Waals surface area contributed by atoms with Crippen LogP contribution >= 0.6 is 34.2 Å². The summed E-state index contributed by atoms with van der Waals surface area (Å²) in [5, 5.41) is 0.636. The van der Waals surface area contributed by atoms with Crippen LogP contribution in [0.15, 0.2) is 18.2 Å². The van der Waals surface area contributed by atoms with Crippen molar-refractivity contribution in [2.24, 2.45) is 11.7 Å². The van der Waals surface area contributed by atoms with Gasteiger partial charge in [-0.25, -0.2) is 0 Å². The van der Waals surface area contributed by atoms with Crippen LogP contribution in [0.4, 0.5) is 0 Å².